The Morgan fingerprint density at radius 2 is 2.44 bits per heavy atom. The van der Waals surface area contributed by atoms with Crippen molar-refractivity contribution in [2.45, 2.75) is 25.9 Å². The van der Waals surface area contributed by atoms with Crippen LogP contribution < -0.4 is 10.1 Å². The van der Waals surface area contributed by atoms with Crippen LogP contribution >= 0.6 is 27.7 Å². The number of rotatable bonds is 2. The molecule has 0 aromatic heterocycles. The SMILES string of the molecule is CC1CSC(=NCc2cc(Br)cc3c2OCC3)N1. The number of amidine groups is 1. The molecule has 1 atom stereocenters. The van der Waals surface area contributed by atoms with E-state index in [1.54, 1.807) is 11.8 Å². The summed E-state index contributed by atoms with van der Waals surface area (Å²) in [5, 5.41) is 4.42. The van der Waals surface area contributed by atoms with Crippen LogP contribution in [0.25, 0.3) is 0 Å². The summed E-state index contributed by atoms with van der Waals surface area (Å²) in [6.45, 7) is 3.65. The molecule has 0 saturated carbocycles. The average Bonchev–Trinajstić information content (AvgIpc) is 2.94. The van der Waals surface area contributed by atoms with Crippen LogP contribution in [0.4, 0.5) is 0 Å². The van der Waals surface area contributed by atoms with Crippen LogP contribution in [-0.4, -0.2) is 23.6 Å². The molecule has 0 spiro atoms. The lowest BCUT2D eigenvalue weighted by molar-refractivity contribution is 0.353. The number of nitrogens with one attached hydrogen (secondary N) is 1. The third-order valence-electron chi connectivity index (χ3n) is 3.06. The largest absolute Gasteiger partial charge is 0.493 e. The topological polar surface area (TPSA) is 33.6 Å². The number of hydrogen-bond donors (Lipinski definition) is 1. The van der Waals surface area contributed by atoms with Gasteiger partial charge in [0.15, 0.2) is 5.17 Å². The van der Waals surface area contributed by atoms with Crippen molar-refractivity contribution < 1.29 is 4.74 Å². The smallest absolute Gasteiger partial charge is 0.157 e. The van der Waals surface area contributed by atoms with E-state index in [4.69, 9.17) is 4.74 Å². The van der Waals surface area contributed by atoms with E-state index < -0.39 is 0 Å². The van der Waals surface area contributed by atoms with Crippen molar-refractivity contribution in [1.82, 2.24) is 5.32 Å². The highest BCUT2D eigenvalue weighted by Gasteiger charge is 2.18. The first-order valence-corrected chi connectivity index (χ1v) is 7.88. The van der Waals surface area contributed by atoms with Gasteiger partial charge in [0.25, 0.3) is 0 Å². The first kappa shape index (κ1) is 12.4. The molecule has 0 bridgehead atoms. The molecule has 1 aromatic carbocycles. The standard InChI is InChI=1S/C13H15BrN2OS/c1-8-7-18-13(16-8)15-6-10-5-11(14)4-9-2-3-17-12(9)10/h4-5,8H,2-3,6-7H2,1H3,(H,15,16). The van der Waals surface area contributed by atoms with Crippen LogP contribution in [0.15, 0.2) is 21.6 Å². The van der Waals surface area contributed by atoms with E-state index >= 15 is 0 Å². The highest BCUT2D eigenvalue weighted by Crippen LogP contribution is 2.33. The predicted molar refractivity (Wildman–Crippen MR) is 79.5 cm³/mol. The van der Waals surface area contributed by atoms with Crippen LogP contribution in [0.2, 0.25) is 0 Å². The Bertz CT molecular complexity index is 504. The monoisotopic (exact) mass is 326 g/mol. The molecule has 1 saturated heterocycles. The molecule has 2 aliphatic heterocycles. The zero-order valence-electron chi connectivity index (χ0n) is 10.2. The number of halogens is 1. The van der Waals surface area contributed by atoms with Gasteiger partial charge in [-0.15, -0.1) is 0 Å². The van der Waals surface area contributed by atoms with E-state index in [1.165, 1.54) is 11.1 Å². The van der Waals surface area contributed by atoms with Crippen LogP contribution in [0.5, 0.6) is 5.75 Å². The maximum absolute atomic E-state index is 5.70. The molecule has 3 nitrogen and oxygen atoms in total. The molecule has 3 rings (SSSR count). The normalized spacial score (nSPS) is 23.9. The lowest BCUT2D eigenvalue weighted by Gasteiger charge is -2.07. The third kappa shape index (κ3) is 2.52. The van der Waals surface area contributed by atoms with E-state index in [2.05, 4.69) is 45.3 Å². The van der Waals surface area contributed by atoms with Gasteiger partial charge in [0, 0.05) is 28.3 Å². The lowest BCUT2D eigenvalue weighted by Crippen LogP contribution is -2.23. The highest BCUT2D eigenvalue weighted by atomic mass is 79.9. The Labute approximate surface area is 120 Å². The second kappa shape index (κ2) is 5.13. The van der Waals surface area contributed by atoms with E-state index in [9.17, 15) is 0 Å². The van der Waals surface area contributed by atoms with Crippen LogP contribution in [0.3, 0.4) is 0 Å². The fraction of sp³-hybridized carbons (Fsp3) is 0.462. The zero-order chi connectivity index (χ0) is 12.5. The summed E-state index contributed by atoms with van der Waals surface area (Å²) in [6.07, 6.45) is 1.00. The van der Waals surface area contributed by atoms with Gasteiger partial charge in [0.05, 0.1) is 13.2 Å². The number of hydrogen-bond acceptors (Lipinski definition) is 3. The fourth-order valence-electron chi connectivity index (χ4n) is 2.21. The minimum Gasteiger partial charge on any atom is -0.493 e. The van der Waals surface area contributed by atoms with Gasteiger partial charge in [-0.25, -0.2) is 0 Å². The van der Waals surface area contributed by atoms with Gasteiger partial charge in [-0.2, -0.15) is 0 Å². The van der Waals surface area contributed by atoms with Crippen LogP contribution in [0.1, 0.15) is 18.1 Å². The van der Waals surface area contributed by atoms with Gasteiger partial charge < -0.3 is 10.1 Å². The van der Waals surface area contributed by atoms with Crippen molar-refractivity contribution in [2.24, 2.45) is 4.99 Å². The van der Waals surface area contributed by atoms with E-state index in [-0.39, 0.29) is 0 Å². The molecule has 0 aliphatic carbocycles. The Morgan fingerprint density at radius 3 is 3.22 bits per heavy atom. The summed E-state index contributed by atoms with van der Waals surface area (Å²) < 4.78 is 6.82. The second-order valence-corrected chi connectivity index (χ2v) is 6.55. The van der Waals surface area contributed by atoms with Gasteiger partial charge >= 0.3 is 0 Å². The Balaban J connectivity index is 1.81. The van der Waals surface area contributed by atoms with Crippen molar-refractivity contribution in [3.05, 3.63) is 27.7 Å². The molecule has 18 heavy (non-hydrogen) atoms. The summed E-state index contributed by atoms with van der Waals surface area (Å²) in [5.41, 5.74) is 2.46. The molecule has 0 radical (unpaired) electrons. The van der Waals surface area contributed by atoms with E-state index in [0.29, 0.717) is 12.6 Å². The molecule has 1 fully saturated rings. The Morgan fingerprint density at radius 1 is 1.56 bits per heavy atom. The number of benzene rings is 1. The summed E-state index contributed by atoms with van der Waals surface area (Å²) >= 11 is 5.35. The molecule has 1 unspecified atom stereocenters. The average molecular weight is 327 g/mol. The second-order valence-electron chi connectivity index (χ2n) is 4.63. The van der Waals surface area contributed by atoms with Crippen molar-refractivity contribution in [2.75, 3.05) is 12.4 Å². The summed E-state index contributed by atoms with van der Waals surface area (Å²) in [6, 6.07) is 4.78. The molecular formula is C13H15BrN2OS. The van der Waals surface area contributed by atoms with Crippen molar-refractivity contribution in [3.63, 3.8) is 0 Å². The molecule has 1 N–H and O–H groups in total. The Kier molecular flexibility index (Phi) is 3.52. The lowest BCUT2D eigenvalue weighted by atomic mass is 10.1. The first-order chi connectivity index (χ1) is 8.72. The van der Waals surface area contributed by atoms with Crippen molar-refractivity contribution in [1.29, 1.82) is 0 Å². The minimum absolute atomic E-state index is 0.526. The molecule has 2 aliphatic rings. The molecule has 2 heterocycles. The maximum Gasteiger partial charge on any atom is 0.157 e. The van der Waals surface area contributed by atoms with Crippen molar-refractivity contribution >= 4 is 32.9 Å². The number of nitrogens with zero attached hydrogens (tertiary/aromatic N) is 1. The molecule has 0 amide bonds. The maximum atomic E-state index is 5.70. The number of fused-ring (bicyclic) bond motifs is 1. The quantitative estimate of drug-likeness (QED) is 0.907. The summed E-state index contributed by atoms with van der Waals surface area (Å²) in [5.74, 6) is 2.14. The van der Waals surface area contributed by atoms with Gasteiger partial charge in [-0.3, -0.25) is 4.99 Å². The third-order valence-corrected chi connectivity index (χ3v) is 4.70. The molecule has 96 valence electrons. The van der Waals surface area contributed by atoms with Gasteiger partial charge in [0.2, 0.25) is 0 Å². The summed E-state index contributed by atoms with van der Waals surface area (Å²) in [4.78, 5) is 4.63. The van der Waals surface area contributed by atoms with Crippen LogP contribution in [0, 0.1) is 0 Å². The fourth-order valence-corrected chi connectivity index (χ4v) is 3.69. The predicted octanol–water partition coefficient (Wildman–Crippen LogP) is 2.96. The van der Waals surface area contributed by atoms with Gasteiger partial charge in [-0.1, -0.05) is 27.7 Å². The number of aliphatic imine (C=N–C) groups is 1. The Hall–Kier alpha value is -0.680. The number of ether oxygens (including phenoxy) is 1. The van der Waals surface area contributed by atoms with Gasteiger partial charge in [0.1, 0.15) is 5.75 Å². The zero-order valence-corrected chi connectivity index (χ0v) is 12.6. The first-order valence-electron chi connectivity index (χ1n) is 6.10. The summed E-state index contributed by atoms with van der Waals surface area (Å²) in [7, 11) is 0. The minimum atomic E-state index is 0.526. The molecule has 5 heteroatoms. The van der Waals surface area contributed by atoms with Crippen LogP contribution in [-0.2, 0) is 13.0 Å². The van der Waals surface area contributed by atoms with E-state index in [1.807, 2.05) is 0 Å². The van der Waals surface area contributed by atoms with E-state index in [0.717, 1.165) is 34.2 Å². The number of thioether (sulfide) groups is 1. The van der Waals surface area contributed by atoms with Crippen molar-refractivity contribution in [3.8, 4) is 5.75 Å². The molecule has 1 aromatic rings. The highest BCUT2D eigenvalue weighted by molar-refractivity contribution is 9.10. The molecular weight excluding hydrogens is 312 g/mol. The van der Waals surface area contributed by atoms with Gasteiger partial charge in [-0.05, 0) is 24.6 Å².